The van der Waals surface area contributed by atoms with Crippen molar-refractivity contribution in [2.45, 2.75) is 30.9 Å². The highest BCUT2D eigenvalue weighted by molar-refractivity contribution is 8.00. The number of hydrogen-bond donors (Lipinski definition) is 2. The molecule has 26 heavy (non-hydrogen) atoms. The van der Waals surface area contributed by atoms with Crippen LogP contribution in [0.4, 0.5) is 10.8 Å². The molecule has 2 aromatic carbocycles. The van der Waals surface area contributed by atoms with Gasteiger partial charge in [0, 0.05) is 10.5 Å². The van der Waals surface area contributed by atoms with E-state index in [0.717, 1.165) is 20.7 Å². The normalized spacial score (nSPS) is 16.3. The number of thioether (sulfide) groups is 1. The zero-order chi connectivity index (χ0) is 18.4. The standard InChI is InChI=1S/C19H17N3O2S2/c1-9-6-10(2)16-15(7-9)26-19(21-16)22-18(24)12-4-5-14-13(8-12)20-17(23)11(3)25-14/h4-8,11H,1-3H3,(H,20,23)(H,21,22,24). The van der Waals surface area contributed by atoms with Gasteiger partial charge in [-0.3, -0.25) is 14.9 Å². The van der Waals surface area contributed by atoms with E-state index in [0.29, 0.717) is 16.4 Å². The second-order valence-electron chi connectivity index (χ2n) is 6.36. The maximum atomic E-state index is 12.6. The minimum absolute atomic E-state index is 0.0444. The molecular weight excluding hydrogens is 366 g/mol. The van der Waals surface area contributed by atoms with Gasteiger partial charge in [0.25, 0.3) is 5.91 Å². The van der Waals surface area contributed by atoms with E-state index in [-0.39, 0.29) is 17.1 Å². The molecule has 7 heteroatoms. The molecule has 0 fully saturated rings. The quantitative estimate of drug-likeness (QED) is 0.678. The van der Waals surface area contributed by atoms with E-state index in [1.54, 1.807) is 12.1 Å². The highest BCUT2D eigenvalue weighted by Gasteiger charge is 2.24. The fraction of sp³-hybridized carbons (Fsp3) is 0.211. The van der Waals surface area contributed by atoms with Crippen molar-refractivity contribution in [1.82, 2.24) is 4.98 Å². The van der Waals surface area contributed by atoms with E-state index < -0.39 is 0 Å². The number of aryl methyl sites for hydroxylation is 2. The van der Waals surface area contributed by atoms with Crippen LogP contribution in [0.3, 0.4) is 0 Å². The summed E-state index contributed by atoms with van der Waals surface area (Å²) in [5.41, 5.74) is 4.36. The molecule has 1 aromatic heterocycles. The lowest BCUT2D eigenvalue weighted by Crippen LogP contribution is -2.26. The third-order valence-electron chi connectivity index (χ3n) is 4.22. The molecule has 2 heterocycles. The summed E-state index contributed by atoms with van der Waals surface area (Å²) in [6.07, 6.45) is 0. The number of nitrogens with zero attached hydrogens (tertiary/aromatic N) is 1. The van der Waals surface area contributed by atoms with Crippen LogP contribution < -0.4 is 10.6 Å². The Balaban J connectivity index is 1.60. The highest BCUT2D eigenvalue weighted by Crippen LogP contribution is 2.36. The molecule has 2 N–H and O–H groups in total. The number of rotatable bonds is 2. The number of hydrogen-bond acceptors (Lipinski definition) is 5. The van der Waals surface area contributed by atoms with Crippen molar-refractivity contribution >= 4 is 55.9 Å². The molecule has 0 saturated carbocycles. The van der Waals surface area contributed by atoms with Gasteiger partial charge in [-0.25, -0.2) is 4.98 Å². The predicted octanol–water partition coefficient (Wildman–Crippen LogP) is 4.60. The molecule has 0 radical (unpaired) electrons. The lowest BCUT2D eigenvalue weighted by molar-refractivity contribution is -0.115. The molecule has 5 nitrogen and oxygen atoms in total. The summed E-state index contributed by atoms with van der Waals surface area (Å²) in [4.78, 5) is 30.0. The SMILES string of the molecule is Cc1cc(C)c2nc(NC(=O)c3ccc4c(c3)NC(=O)C(C)S4)sc2c1. The summed E-state index contributed by atoms with van der Waals surface area (Å²) in [6.45, 7) is 5.93. The van der Waals surface area contributed by atoms with Gasteiger partial charge in [-0.05, 0) is 56.2 Å². The van der Waals surface area contributed by atoms with Gasteiger partial charge in [0.15, 0.2) is 5.13 Å². The molecule has 4 rings (SSSR count). The topological polar surface area (TPSA) is 71.1 Å². The zero-order valence-corrected chi connectivity index (χ0v) is 16.2. The smallest absolute Gasteiger partial charge is 0.257 e. The monoisotopic (exact) mass is 383 g/mol. The van der Waals surface area contributed by atoms with Gasteiger partial charge in [-0.15, -0.1) is 11.8 Å². The molecular formula is C19H17N3O2S2. The van der Waals surface area contributed by atoms with Crippen molar-refractivity contribution in [3.05, 3.63) is 47.0 Å². The van der Waals surface area contributed by atoms with Crippen LogP contribution in [0.5, 0.6) is 0 Å². The van der Waals surface area contributed by atoms with E-state index in [1.165, 1.54) is 28.7 Å². The third kappa shape index (κ3) is 3.08. The third-order valence-corrected chi connectivity index (χ3v) is 6.32. The van der Waals surface area contributed by atoms with Crippen molar-refractivity contribution in [3.63, 3.8) is 0 Å². The van der Waals surface area contributed by atoms with Crippen LogP contribution in [0.15, 0.2) is 35.2 Å². The van der Waals surface area contributed by atoms with Crippen molar-refractivity contribution in [1.29, 1.82) is 0 Å². The van der Waals surface area contributed by atoms with Gasteiger partial charge in [0.2, 0.25) is 5.91 Å². The van der Waals surface area contributed by atoms with E-state index in [9.17, 15) is 9.59 Å². The molecule has 3 aromatic rings. The molecule has 0 saturated heterocycles. The van der Waals surface area contributed by atoms with Gasteiger partial charge >= 0.3 is 0 Å². The maximum absolute atomic E-state index is 12.6. The number of thiazole rings is 1. The molecule has 0 spiro atoms. The van der Waals surface area contributed by atoms with Gasteiger partial charge in [0.1, 0.15) is 0 Å². The average Bonchev–Trinajstić information content (AvgIpc) is 2.98. The first-order valence-corrected chi connectivity index (χ1v) is 9.91. The van der Waals surface area contributed by atoms with Gasteiger partial charge in [-0.1, -0.05) is 17.4 Å². The van der Waals surface area contributed by atoms with Gasteiger partial charge in [0.05, 0.1) is 21.2 Å². The number of carbonyl (C=O) groups excluding carboxylic acids is 2. The fourth-order valence-corrected chi connectivity index (χ4v) is 4.91. The molecule has 0 bridgehead atoms. The Morgan fingerprint density at radius 1 is 1.23 bits per heavy atom. The number of anilines is 2. The Bertz CT molecular complexity index is 1060. The van der Waals surface area contributed by atoms with E-state index in [2.05, 4.69) is 27.8 Å². The number of fused-ring (bicyclic) bond motifs is 2. The Morgan fingerprint density at radius 3 is 2.85 bits per heavy atom. The molecule has 1 aliphatic heterocycles. The van der Waals surface area contributed by atoms with Crippen molar-refractivity contribution in [3.8, 4) is 0 Å². The second kappa shape index (κ2) is 6.41. The summed E-state index contributed by atoms with van der Waals surface area (Å²) in [6, 6.07) is 9.51. The van der Waals surface area contributed by atoms with Gasteiger partial charge < -0.3 is 5.32 Å². The summed E-state index contributed by atoms with van der Waals surface area (Å²) in [5, 5.41) is 6.17. The Labute approximate surface area is 159 Å². The van der Waals surface area contributed by atoms with Crippen molar-refractivity contribution in [2.24, 2.45) is 0 Å². The van der Waals surface area contributed by atoms with Crippen molar-refractivity contribution in [2.75, 3.05) is 10.6 Å². The number of nitrogens with one attached hydrogen (secondary N) is 2. The molecule has 1 unspecified atom stereocenters. The first-order chi connectivity index (χ1) is 12.4. The largest absolute Gasteiger partial charge is 0.324 e. The number of carbonyl (C=O) groups is 2. The molecule has 1 aliphatic rings. The van der Waals surface area contributed by atoms with Crippen LogP contribution in [-0.2, 0) is 4.79 Å². The molecule has 132 valence electrons. The Hall–Kier alpha value is -2.38. The highest BCUT2D eigenvalue weighted by atomic mass is 32.2. The summed E-state index contributed by atoms with van der Waals surface area (Å²) >= 11 is 2.96. The summed E-state index contributed by atoms with van der Waals surface area (Å²) < 4.78 is 1.06. The number of aromatic nitrogens is 1. The van der Waals surface area contributed by atoms with Crippen LogP contribution >= 0.6 is 23.1 Å². The first kappa shape index (κ1) is 17.1. The summed E-state index contributed by atoms with van der Waals surface area (Å²) in [7, 11) is 0. The summed E-state index contributed by atoms with van der Waals surface area (Å²) in [5.74, 6) is -0.281. The van der Waals surface area contributed by atoms with E-state index in [4.69, 9.17) is 0 Å². The van der Waals surface area contributed by atoms with Crippen LogP contribution in [0.25, 0.3) is 10.2 Å². The maximum Gasteiger partial charge on any atom is 0.257 e. The fourth-order valence-electron chi connectivity index (χ4n) is 2.94. The average molecular weight is 383 g/mol. The molecule has 0 aliphatic carbocycles. The lowest BCUT2D eigenvalue weighted by atomic mass is 10.1. The van der Waals surface area contributed by atoms with Gasteiger partial charge in [-0.2, -0.15) is 0 Å². The van der Waals surface area contributed by atoms with Crippen LogP contribution in [0.2, 0.25) is 0 Å². The van der Waals surface area contributed by atoms with E-state index >= 15 is 0 Å². The number of amides is 2. The molecule has 2 amide bonds. The minimum atomic E-state index is -0.237. The second-order valence-corrected chi connectivity index (χ2v) is 8.78. The molecule has 1 atom stereocenters. The predicted molar refractivity (Wildman–Crippen MR) is 107 cm³/mol. The minimum Gasteiger partial charge on any atom is -0.324 e. The van der Waals surface area contributed by atoms with Crippen LogP contribution in [0.1, 0.15) is 28.4 Å². The van der Waals surface area contributed by atoms with Crippen LogP contribution in [-0.4, -0.2) is 22.0 Å². The van der Waals surface area contributed by atoms with Crippen molar-refractivity contribution < 1.29 is 9.59 Å². The zero-order valence-electron chi connectivity index (χ0n) is 14.5. The van der Waals surface area contributed by atoms with Crippen LogP contribution in [0, 0.1) is 13.8 Å². The Kier molecular flexibility index (Phi) is 4.20. The first-order valence-electron chi connectivity index (χ1n) is 8.21. The lowest BCUT2D eigenvalue weighted by Gasteiger charge is -2.21. The number of benzene rings is 2. The van der Waals surface area contributed by atoms with E-state index in [1.807, 2.05) is 26.8 Å². The Morgan fingerprint density at radius 2 is 2.04 bits per heavy atom.